The van der Waals surface area contributed by atoms with E-state index in [0.717, 1.165) is 44.1 Å². The van der Waals surface area contributed by atoms with Crippen LogP contribution in [0.5, 0.6) is 0 Å². The van der Waals surface area contributed by atoms with Gasteiger partial charge in [-0.25, -0.2) is 0 Å². The van der Waals surface area contributed by atoms with Crippen LogP contribution in [-0.2, 0) is 28.6 Å². The van der Waals surface area contributed by atoms with E-state index in [1.54, 1.807) is 0 Å². The van der Waals surface area contributed by atoms with Crippen LogP contribution in [0.1, 0.15) is 79.6 Å². The quantitative estimate of drug-likeness (QED) is 0.252. The monoisotopic (exact) mass is 496 g/mol. The van der Waals surface area contributed by atoms with Gasteiger partial charge in [0, 0.05) is 24.7 Å². The van der Waals surface area contributed by atoms with Crippen LogP contribution in [0.3, 0.4) is 0 Å². The van der Waals surface area contributed by atoms with Crippen LogP contribution in [0, 0.1) is 34.5 Å². The molecule has 0 aromatic heterocycles. The minimum atomic E-state index is -0.321. The van der Waals surface area contributed by atoms with Crippen molar-refractivity contribution in [3.05, 3.63) is 35.6 Å². The summed E-state index contributed by atoms with van der Waals surface area (Å²) in [6, 6.07) is 0. The molecule has 2 saturated carbocycles. The molecule has 1 aliphatic heterocycles. The second-order valence-electron chi connectivity index (χ2n) is 12.2. The number of carbonyl (C=O) groups is 3. The highest BCUT2D eigenvalue weighted by molar-refractivity contribution is 5.86. The number of allylic oxidation sites excluding steroid dienone is 3. The van der Waals surface area contributed by atoms with E-state index in [1.807, 2.05) is 12.2 Å². The van der Waals surface area contributed by atoms with Crippen molar-refractivity contribution in [3.63, 3.8) is 0 Å². The third kappa shape index (κ3) is 3.74. The van der Waals surface area contributed by atoms with Gasteiger partial charge in [0.25, 0.3) is 0 Å². The predicted molar refractivity (Wildman–Crippen MR) is 134 cm³/mol. The first-order chi connectivity index (χ1) is 17.1. The molecule has 3 fully saturated rings. The first-order valence-electron chi connectivity index (χ1n) is 13.7. The fraction of sp³-hybridized carbons (Fsp3) is 0.700. The van der Waals surface area contributed by atoms with Gasteiger partial charge in [-0.2, -0.15) is 0 Å². The summed E-state index contributed by atoms with van der Waals surface area (Å²) >= 11 is 0. The Morgan fingerprint density at radius 2 is 1.94 bits per heavy atom. The number of hydrogen-bond donors (Lipinski definition) is 0. The summed E-state index contributed by atoms with van der Waals surface area (Å²) < 4.78 is 17.4. The average Bonchev–Trinajstić information content (AvgIpc) is 3.46. The minimum absolute atomic E-state index is 0.0641. The van der Waals surface area contributed by atoms with Gasteiger partial charge in [-0.3, -0.25) is 14.4 Å². The third-order valence-electron chi connectivity index (χ3n) is 10.0. The number of esters is 2. The normalized spacial score (nSPS) is 41.6. The molecule has 0 aromatic rings. The van der Waals surface area contributed by atoms with Gasteiger partial charge in [0.2, 0.25) is 0 Å². The van der Waals surface area contributed by atoms with Gasteiger partial charge in [0.15, 0.2) is 5.78 Å². The molecule has 0 aromatic carbocycles. The molecule has 5 rings (SSSR count). The fourth-order valence-electron chi connectivity index (χ4n) is 8.51. The van der Waals surface area contributed by atoms with Gasteiger partial charge >= 0.3 is 11.9 Å². The molecule has 0 unspecified atom stereocenters. The molecule has 8 atom stereocenters. The Balaban J connectivity index is 1.34. The first kappa shape index (κ1) is 25.4. The number of epoxide rings is 1. The average molecular weight is 497 g/mol. The number of hydrogen-bond acceptors (Lipinski definition) is 6. The Morgan fingerprint density at radius 3 is 2.67 bits per heavy atom. The smallest absolute Gasteiger partial charge is 0.308 e. The van der Waals surface area contributed by atoms with Crippen molar-refractivity contribution >= 4 is 17.7 Å². The van der Waals surface area contributed by atoms with E-state index in [-0.39, 0.29) is 58.7 Å². The summed E-state index contributed by atoms with van der Waals surface area (Å²) in [6.45, 7) is 10.1. The van der Waals surface area contributed by atoms with Gasteiger partial charge in [-0.1, -0.05) is 45.8 Å². The van der Waals surface area contributed by atoms with E-state index in [1.165, 1.54) is 6.92 Å². The zero-order valence-electron chi connectivity index (χ0n) is 22.3. The highest BCUT2D eigenvalue weighted by Gasteiger charge is 2.79. The standard InChI is InChI=1S/C30H40O6/c1-6-7-8-9-26(33)34-17-24(32)27-18(2)14-23-22-11-10-20-15-21(35-19(3)31)12-13-29(20,5)30(22)25(36-30)16-28(23,27)4/h10,12-13,15,18,22-23,25,27H,6-9,11,14,16-17H2,1-5H3/t18-,22+,23+,25+,27-,28+,29+,30-/m1/s1. The number of fused-ring (bicyclic) bond motifs is 3. The Labute approximate surface area is 214 Å². The number of Topliss-reactive ketones (excluding diaryl/α,β-unsaturated/α-hetero) is 1. The number of ketones is 1. The lowest BCUT2D eigenvalue weighted by Gasteiger charge is -2.53. The first-order valence-corrected chi connectivity index (χ1v) is 13.7. The summed E-state index contributed by atoms with van der Waals surface area (Å²) in [4.78, 5) is 37.1. The highest BCUT2D eigenvalue weighted by Crippen LogP contribution is 2.75. The van der Waals surface area contributed by atoms with Crippen LogP contribution in [0.25, 0.3) is 0 Å². The second kappa shape index (κ2) is 8.97. The van der Waals surface area contributed by atoms with Crippen LogP contribution in [0.2, 0.25) is 0 Å². The molecule has 1 heterocycles. The van der Waals surface area contributed by atoms with E-state index in [4.69, 9.17) is 14.2 Å². The molecule has 1 spiro atoms. The van der Waals surface area contributed by atoms with Crippen LogP contribution < -0.4 is 0 Å². The van der Waals surface area contributed by atoms with Crippen LogP contribution >= 0.6 is 0 Å². The molecule has 0 radical (unpaired) electrons. The zero-order chi connectivity index (χ0) is 25.9. The summed E-state index contributed by atoms with van der Waals surface area (Å²) in [5, 5.41) is 0. The van der Waals surface area contributed by atoms with Gasteiger partial charge in [0.05, 0.1) is 6.10 Å². The van der Waals surface area contributed by atoms with Crippen LogP contribution in [0.15, 0.2) is 35.6 Å². The molecule has 0 N–H and O–H groups in total. The number of ether oxygens (including phenoxy) is 3. The number of unbranched alkanes of at least 4 members (excludes halogenated alkanes) is 2. The molecule has 1 saturated heterocycles. The lowest BCUT2D eigenvalue weighted by Crippen LogP contribution is -2.56. The Bertz CT molecular complexity index is 1050. The SMILES string of the molecule is CCCCCC(=O)OCC(=O)[C@H]1[C@H](C)C[C@H]2[C@@H]3CC=C4C=C(OC(C)=O)C=C[C@]4(C)[C@@]34O[C@H]4C[C@@]21C. The molecule has 6 nitrogen and oxygen atoms in total. The fourth-order valence-corrected chi connectivity index (χ4v) is 8.51. The lowest BCUT2D eigenvalue weighted by atomic mass is 9.48. The van der Waals surface area contributed by atoms with E-state index in [0.29, 0.717) is 24.0 Å². The van der Waals surface area contributed by atoms with Crippen molar-refractivity contribution in [2.45, 2.75) is 91.3 Å². The zero-order valence-corrected chi connectivity index (χ0v) is 22.3. The molecule has 0 amide bonds. The van der Waals surface area contributed by atoms with E-state index in [2.05, 4.69) is 39.8 Å². The van der Waals surface area contributed by atoms with Crippen molar-refractivity contribution in [3.8, 4) is 0 Å². The van der Waals surface area contributed by atoms with Crippen molar-refractivity contribution in [1.29, 1.82) is 0 Å². The van der Waals surface area contributed by atoms with Crippen LogP contribution in [0.4, 0.5) is 0 Å². The van der Waals surface area contributed by atoms with E-state index < -0.39 is 0 Å². The maximum Gasteiger partial charge on any atom is 0.308 e. The summed E-state index contributed by atoms with van der Waals surface area (Å²) in [6.07, 6.45) is 14.4. The third-order valence-corrected chi connectivity index (χ3v) is 10.0. The predicted octanol–water partition coefficient (Wildman–Crippen LogP) is 5.47. The topological polar surface area (TPSA) is 82.2 Å². The van der Waals surface area contributed by atoms with Gasteiger partial charge in [-0.15, -0.1) is 0 Å². The van der Waals surface area contributed by atoms with E-state index >= 15 is 0 Å². The van der Waals surface area contributed by atoms with Gasteiger partial charge in [-0.05, 0) is 73.5 Å². The maximum atomic E-state index is 13.5. The second-order valence-corrected chi connectivity index (χ2v) is 12.2. The summed E-state index contributed by atoms with van der Waals surface area (Å²) in [5.41, 5.74) is 0.418. The molecule has 0 bridgehead atoms. The van der Waals surface area contributed by atoms with Gasteiger partial charge < -0.3 is 14.2 Å². The molecular formula is C30H40O6. The number of rotatable bonds is 8. The summed E-state index contributed by atoms with van der Waals surface area (Å²) in [7, 11) is 0. The van der Waals surface area contributed by atoms with Crippen molar-refractivity contribution in [1.82, 2.24) is 0 Å². The Morgan fingerprint density at radius 1 is 1.17 bits per heavy atom. The molecule has 36 heavy (non-hydrogen) atoms. The van der Waals surface area contributed by atoms with Crippen LogP contribution in [-0.4, -0.2) is 36.0 Å². The van der Waals surface area contributed by atoms with Gasteiger partial charge in [0.1, 0.15) is 18.0 Å². The van der Waals surface area contributed by atoms with Crippen molar-refractivity contribution in [2.75, 3.05) is 6.61 Å². The van der Waals surface area contributed by atoms with Crippen molar-refractivity contribution < 1.29 is 28.6 Å². The molecule has 6 heteroatoms. The molecular weight excluding hydrogens is 456 g/mol. The van der Waals surface area contributed by atoms with E-state index in [9.17, 15) is 14.4 Å². The maximum absolute atomic E-state index is 13.5. The molecule has 4 aliphatic carbocycles. The summed E-state index contributed by atoms with van der Waals surface area (Å²) in [5.74, 6) is 0.860. The highest BCUT2D eigenvalue weighted by atomic mass is 16.6. The number of carbonyl (C=O) groups excluding carboxylic acids is 3. The van der Waals surface area contributed by atoms with Crippen molar-refractivity contribution in [2.24, 2.45) is 34.5 Å². The molecule has 5 aliphatic rings. The lowest BCUT2D eigenvalue weighted by molar-refractivity contribution is -0.151. The Hall–Kier alpha value is -2.21. The minimum Gasteiger partial charge on any atom is -0.458 e. The Kier molecular flexibility index (Phi) is 6.34. The largest absolute Gasteiger partial charge is 0.458 e. The molecule has 196 valence electrons.